The predicted octanol–water partition coefficient (Wildman–Crippen LogP) is 8.50. The van der Waals surface area contributed by atoms with Gasteiger partial charge < -0.3 is 4.74 Å². The Morgan fingerprint density at radius 3 is 1.50 bits per heavy atom. The van der Waals surface area contributed by atoms with E-state index in [1.165, 1.54) is 89.9 Å². The van der Waals surface area contributed by atoms with Crippen LogP contribution < -0.4 is 0 Å². The first-order valence-electron chi connectivity index (χ1n) is 11.7. The summed E-state index contributed by atoms with van der Waals surface area (Å²) in [6, 6.07) is 0. The minimum Gasteiger partial charge on any atom is -0.435 e. The summed E-state index contributed by atoms with van der Waals surface area (Å²) >= 11 is 0. The van der Waals surface area contributed by atoms with E-state index in [-0.39, 0.29) is 5.97 Å². The number of hydrogen-bond donors (Lipinski definition) is 0. The predicted molar refractivity (Wildman–Crippen MR) is 114 cm³/mol. The van der Waals surface area contributed by atoms with Crippen LogP contribution in [0.4, 0.5) is 0 Å². The number of hydrogen-bond acceptors (Lipinski definition) is 2. The van der Waals surface area contributed by atoms with E-state index < -0.39 is 0 Å². The monoisotopic (exact) mass is 366 g/mol. The van der Waals surface area contributed by atoms with Gasteiger partial charge in [-0.25, -0.2) is 0 Å². The molecular weight excluding hydrogens is 320 g/mol. The molecule has 0 saturated heterocycles. The second-order valence-electron chi connectivity index (χ2n) is 7.70. The highest BCUT2D eigenvalue weighted by Crippen LogP contribution is 2.13. The highest BCUT2D eigenvalue weighted by molar-refractivity contribution is 5.69. The molecule has 0 saturated carbocycles. The second kappa shape index (κ2) is 22.3. The summed E-state index contributed by atoms with van der Waals surface area (Å²) in [7, 11) is 0. The number of esters is 1. The van der Waals surface area contributed by atoms with Crippen LogP contribution >= 0.6 is 0 Å². The lowest BCUT2D eigenvalue weighted by Gasteiger charge is -2.03. The van der Waals surface area contributed by atoms with Crippen LogP contribution in [-0.2, 0) is 9.53 Å². The number of ether oxygens (including phenoxy) is 1. The van der Waals surface area contributed by atoms with Crippen LogP contribution in [0.1, 0.15) is 136 Å². The number of carbonyl (C=O) groups excluding carboxylic acids is 1. The van der Waals surface area contributed by atoms with Crippen LogP contribution in [0.25, 0.3) is 0 Å². The highest BCUT2D eigenvalue weighted by Gasteiger charge is 2.00. The molecule has 0 fully saturated rings. The maximum absolute atomic E-state index is 11.5. The highest BCUT2D eigenvalue weighted by atomic mass is 16.5. The summed E-state index contributed by atoms with van der Waals surface area (Å²) in [6.45, 7) is 4.44. The third kappa shape index (κ3) is 21.3. The van der Waals surface area contributed by atoms with Gasteiger partial charge in [0.2, 0.25) is 0 Å². The summed E-state index contributed by atoms with van der Waals surface area (Å²) in [4.78, 5) is 11.5. The van der Waals surface area contributed by atoms with Crippen LogP contribution in [0.3, 0.4) is 0 Å². The third-order valence-corrected chi connectivity index (χ3v) is 5.00. The van der Waals surface area contributed by atoms with Gasteiger partial charge in [-0.15, -0.1) is 0 Å². The van der Waals surface area contributed by atoms with Crippen LogP contribution in [0.5, 0.6) is 0 Å². The van der Waals surface area contributed by atoms with Crippen LogP contribution in [0.2, 0.25) is 0 Å². The fourth-order valence-electron chi connectivity index (χ4n) is 3.21. The van der Waals surface area contributed by atoms with E-state index in [2.05, 4.69) is 13.8 Å². The smallest absolute Gasteiger partial charge is 0.310 e. The average Bonchev–Trinajstić information content (AvgIpc) is 2.64. The van der Waals surface area contributed by atoms with Gasteiger partial charge in [0.05, 0.1) is 6.26 Å². The molecule has 0 atom stereocenters. The van der Waals surface area contributed by atoms with Crippen molar-refractivity contribution in [3.8, 4) is 0 Å². The van der Waals surface area contributed by atoms with Gasteiger partial charge >= 0.3 is 5.97 Å². The summed E-state index contributed by atoms with van der Waals surface area (Å²) in [5.41, 5.74) is 0. The first-order valence-corrected chi connectivity index (χ1v) is 11.7. The van der Waals surface area contributed by atoms with Gasteiger partial charge in [0, 0.05) is 6.42 Å². The van der Waals surface area contributed by atoms with Crippen molar-refractivity contribution in [3.05, 3.63) is 12.3 Å². The SMILES string of the molecule is CCCCC=COC(=O)CCCCCCCCCCCCCCCCC. The molecule has 0 aromatic carbocycles. The van der Waals surface area contributed by atoms with Crippen molar-refractivity contribution in [2.45, 2.75) is 136 Å². The Morgan fingerprint density at radius 2 is 1.04 bits per heavy atom. The largest absolute Gasteiger partial charge is 0.435 e. The molecule has 0 N–H and O–H groups in total. The molecule has 0 aromatic rings. The lowest BCUT2D eigenvalue weighted by atomic mass is 10.0. The van der Waals surface area contributed by atoms with Crippen molar-refractivity contribution >= 4 is 5.97 Å². The van der Waals surface area contributed by atoms with E-state index >= 15 is 0 Å². The van der Waals surface area contributed by atoms with E-state index in [4.69, 9.17) is 4.74 Å². The van der Waals surface area contributed by atoms with Gasteiger partial charge in [-0.3, -0.25) is 4.79 Å². The van der Waals surface area contributed by atoms with Crippen molar-refractivity contribution < 1.29 is 9.53 Å². The Balaban J connectivity index is 3.15. The molecule has 0 heterocycles. The minimum atomic E-state index is -0.0764. The van der Waals surface area contributed by atoms with Crippen molar-refractivity contribution in [2.75, 3.05) is 0 Å². The van der Waals surface area contributed by atoms with Crippen LogP contribution in [0, 0.1) is 0 Å². The van der Waals surface area contributed by atoms with Gasteiger partial charge in [0.1, 0.15) is 0 Å². The fraction of sp³-hybridized carbons (Fsp3) is 0.875. The van der Waals surface area contributed by atoms with Gasteiger partial charge in [-0.1, -0.05) is 110 Å². The van der Waals surface area contributed by atoms with Gasteiger partial charge in [0.15, 0.2) is 0 Å². The van der Waals surface area contributed by atoms with E-state index in [0.717, 1.165) is 25.7 Å². The average molecular weight is 367 g/mol. The maximum Gasteiger partial charge on any atom is 0.310 e. The molecule has 0 radical (unpaired) electrons. The quantitative estimate of drug-likeness (QED) is 0.123. The number of carbonyl (C=O) groups is 1. The standard InChI is InChI=1S/C24H46O2/c1-3-5-7-9-10-11-12-13-14-15-16-17-18-19-20-22-24(25)26-23-21-8-6-4-2/h21,23H,3-20,22H2,1-2H3. The second-order valence-corrected chi connectivity index (χ2v) is 7.70. The minimum absolute atomic E-state index is 0.0764. The van der Waals surface area contributed by atoms with E-state index in [0.29, 0.717) is 6.42 Å². The van der Waals surface area contributed by atoms with Gasteiger partial charge in [-0.05, 0) is 25.3 Å². The molecule has 0 aliphatic rings. The zero-order chi connectivity index (χ0) is 19.1. The molecular formula is C24H46O2. The first kappa shape index (κ1) is 25.2. The Bertz CT molecular complexity index is 309. The summed E-state index contributed by atoms with van der Waals surface area (Å²) < 4.78 is 5.09. The number of allylic oxidation sites excluding steroid dienone is 1. The molecule has 0 aromatic heterocycles. The molecule has 0 spiro atoms. The topological polar surface area (TPSA) is 26.3 Å². The van der Waals surface area contributed by atoms with E-state index in [1.54, 1.807) is 6.26 Å². The van der Waals surface area contributed by atoms with Crippen molar-refractivity contribution in [3.63, 3.8) is 0 Å². The Morgan fingerprint density at radius 1 is 0.615 bits per heavy atom. The third-order valence-electron chi connectivity index (χ3n) is 5.00. The van der Waals surface area contributed by atoms with Gasteiger partial charge in [-0.2, -0.15) is 0 Å². The molecule has 2 heteroatoms. The Hall–Kier alpha value is -0.790. The fourth-order valence-corrected chi connectivity index (χ4v) is 3.21. The molecule has 2 nitrogen and oxygen atoms in total. The maximum atomic E-state index is 11.5. The summed E-state index contributed by atoms with van der Waals surface area (Å²) in [6.07, 6.45) is 27.7. The van der Waals surface area contributed by atoms with Crippen LogP contribution in [-0.4, -0.2) is 5.97 Å². The summed E-state index contributed by atoms with van der Waals surface area (Å²) in [5, 5.41) is 0. The summed E-state index contributed by atoms with van der Waals surface area (Å²) in [5.74, 6) is -0.0764. The van der Waals surface area contributed by atoms with Crippen molar-refractivity contribution in [1.29, 1.82) is 0 Å². The first-order chi connectivity index (χ1) is 12.8. The zero-order valence-corrected chi connectivity index (χ0v) is 17.9. The van der Waals surface area contributed by atoms with Gasteiger partial charge in [0.25, 0.3) is 0 Å². The molecule has 0 bridgehead atoms. The number of rotatable bonds is 20. The van der Waals surface area contributed by atoms with E-state index in [1.807, 2.05) is 6.08 Å². The molecule has 0 amide bonds. The number of unbranched alkanes of at least 4 members (excludes halogenated alkanes) is 16. The van der Waals surface area contributed by atoms with Crippen LogP contribution in [0.15, 0.2) is 12.3 Å². The van der Waals surface area contributed by atoms with Crippen molar-refractivity contribution in [1.82, 2.24) is 0 Å². The molecule has 154 valence electrons. The Kier molecular flexibility index (Phi) is 21.6. The lowest BCUT2D eigenvalue weighted by Crippen LogP contribution is -1.98. The molecule has 0 aliphatic carbocycles. The molecule has 0 unspecified atom stereocenters. The molecule has 0 aliphatic heterocycles. The molecule has 26 heavy (non-hydrogen) atoms. The normalized spacial score (nSPS) is 11.3. The molecule has 0 rings (SSSR count). The zero-order valence-electron chi connectivity index (χ0n) is 17.9. The van der Waals surface area contributed by atoms with Crippen molar-refractivity contribution in [2.24, 2.45) is 0 Å². The Labute approximate surface area is 164 Å². The van der Waals surface area contributed by atoms with E-state index in [9.17, 15) is 4.79 Å². The lowest BCUT2D eigenvalue weighted by molar-refractivity contribution is -0.138.